The molecule has 3 nitrogen and oxygen atoms in total. The van der Waals surface area contributed by atoms with Gasteiger partial charge in [-0.05, 0) is 18.1 Å². The highest BCUT2D eigenvalue weighted by Gasteiger charge is 2.38. The van der Waals surface area contributed by atoms with Crippen molar-refractivity contribution >= 4 is 17.0 Å². The molecule has 21 heavy (non-hydrogen) atoms. The van der Waals surface area contributed by atoms with Crippen molar-refractivity contribution in [3.63, 3.8) is 0 Å². The molecule has 1 aromatic heterocycles. The van der Waals surface area contributed by atoms with E-state index in [0.29, 0.717) is 22.2 Å². The van der Waals surface area contributed by atoms with Gasteiger partial charge in [0.15, 0.2) is 0 Å². The van der Waals surface area contributed by atoms with Gasteiger partial charge >= 0.3 is 6.09 Å². The van der Waals surface area contributed by atoms with Gasteiger partial charge in [0.2, 0.25) is 0 Å². The Morgan fingerprint density at radius 1 is 1.43 bits per heavy atom. The van der Waals surface area contributed by atoms with E-state index in [-0.39, 0.29) is 25.9 Å². The van der Waals surface area contributed by atoms with Crippen molar-refractivity contribution in [3.8, 4) is 0 Å². The molecule has 0 spiro atoms. The summed E-state index contributed by atoms with van der Waals surface area (Å²) in [7, 11) is 0. The minimum atomic E-state index is -2.72. The summed E-state index contributed by atoms with van der Waals surface area (Å²) in [5.41, 5.74) is 1.81. The molecule has 0 atom stereocenters. The Balaban J connectivity index is 2.16. The lowest BCUT2D eigenvalue weighted by Crippen LogP contribution is -2.28. The zero-order chi connectivity index (χ0) is 15.0. The third-order valence-corrected chi connectivity index (χ3v) is 3.76. The van der Waals surface area contributed by atoms with E-state index in [9.17, 15) is 13.6 Å². The van der Waals surface area contributed by atoms with Crippen LogP contribution in [0.5, 0.6) is 0 Å². The predicted octanol–water partition coefficient (Wildman–Crippen LogP) is 3.94. The molecule has 0 saturated heterocycles. The first kappa shape index (κ1) is 13.8. The van der Waals surface area contributed by atoms with E-state index < -0.39 is 12.0 Å². The molecule has 1 aliphatic rings. The van der Waals surface area contributed by atoms with Crippen molar-refractivity contribution in [1.82, 2.24) is 4.57 Å². The highest BCUT2D eigenvalue weighted by molar-refractivity contribution is 5.94. The lowest BCUT2D eigenvalue weighted by Gasteiger charge is -2.23. The van der Waals surface area contributed by atoms with Crippen molar-refractivity contribution in [1.29, 1.82) is 0 Å². The lowest BCUT2D eigenvalue weighted by molar-refractivity contribution is -0.0125. The minimum absolute atomic E-state index is 0.0935. The van der Waals surface area contributed by atoms with Crippen LogP contribution in [0.3, 0.4) is 0 Å². The number of carbonyl (C=O) groups is 1. The molecule has 0 bridgehead atoms. The van der Waals surface area contributed by atoms with E-state index in [4.69, 9.17) is 4.74 Å². The highest BCUT2D eigenvalue weighted by Crippen LogP contribution is 2.38. The summed E-state index contributed by atoms with van der Waals surface area (Å²) in [6.45, 7) is 3.59. The average molecular weight is 291 g/mol. The quantitative estimate of drug-likeness (QED) is 0.785. The number of hydrogen-bond donors (Lipinski definition) is 0. The molecule has 1 heterocycles. The van der Waals surface area contributed by atoms with Crippen LogP contribution in [-0.2, 0) is 17.6 Å². The zero-order valence-electron chi connectivity index (χ0n) is 11.4. The van der Waals surface area contributed by atoms with Gasteiger partial charge in [0.25, 0.3) is 5.92 Å². The first-order chi connectivity index (χ1) is 10.0. The van der Waals surface area contributed by atoms with E-state index in [2.05, 4.69) is 6.58 Å². The van der Waals surface area contributed by atoms with Gasteiger partial charge < -0.3 is 4.74 Å². The minimum Gasteiger partial charge on any atom is -0.445 e. The fourth-order valence-electron chi connectivity index (χ4n) is 2.87. The maximum Gasteiger partial charge on any atom is 0.419 e. The summed E-state index contributed by atoms with van der Waals surface area (Å²) in [4.78, 5) is 12.2. The van der Waals surface area contributed by atoms with Crippen molar-refractivity contribution < 1.29 is 18.3 Å². The molecule has 3 rings (SSSR count). The molecular formula is C16H15F2NO2. The number of para-hydroxylation sites is 1. The largest absolute Gasteiger partial charge is 0.445 e. The number of benzene rings is 1. The first-order valence-corrected chi connectivity index (χ1v) is 6.80. The third-order valence-electron chi connectivity index (χ3n) is 3.76. The van der Waals surface area contributed by atoms with Crippen LogP contribution in [0.4, 0.5) is 13.6 Å². The molecule has 5 heteroatoms. The van der Waals surface area contributed by atoms with Crippen LogP contribution >= 0.6 is 0 Å². The van der Waals surface area contributed by atoms with Gasteiger partial charge in [0, 0.05) is 23.9 Å². The summed E-state index contributed by atoms with van der Waals surface area (Å²) in [5, 5.41) is 0.697. The summed E-state index contributed by atoms with van der Waals surface area (Å²) in [6.07, 6.45) is 0.526. The number of nitrogens with zero attached hydrogens (tertiary/aromatic N) is 1. The Morgan fingerprint density at radius 3 is 2.95 bits per heavy atom. The Bertz CT molecular complexity index is 718. The number of ether oxygens (including phenoxy) is 1. The van der Waals surface area contributed by atoms with Crippen LogP contribution in [0, 0.1) is 0 Å². The predicted molar refractivity (Wildman–Crippen MR) is 75.9 cm³/mol. The normalized spacial score (nSPS) is 16.5. The van der Waals surface area contributed by atoms with E-state index >= 15 is 0 Å². The maximum absolute atomic E-state index is 13.7. The van der Waals surface area contributed by atoms with E-state index in [1.807, 2.05) is 0 Å². The van der Waals surface area contributed by atoms with Crippen LogP contribution < -0.4 is 0 Å². The average Bonchev–Trinajstić information content (AvgIpc) is 2.77. The van der Waals surface area contributed by atoms with E-state index in [0.717, 1.165) is 0 Å². The van der Waals surface area contributed by atoms with Crippen LogP contribution in [0.1, 0.15) is 17.7 Å². The Labute approximate surface area is 120 Å². The van der Waals surface area contributed by atoms with Crippen LogP contribution in [0.2, 0.25) is 0 Å². The van der Waals surface area contributed by atoms with E-state index in [1.54, 1.807) is 24.3 Å². The van der Waals surface area contributed by atoms with Gasteiger partial charge in [-0.1, -0.05) is 30.9 Å². The van der Waals surface area contributed by atoms with Crippen molar-refractivity contribution in [2.75, 3.05) is 6.61 Å². The second kappa shape index (κ2) is 4.98. The van der Waals surface area contributed by atoms with Crippen LogP contribution in [-0.4, -0.2) is 23.2 Å². The number of alkyl halides is 2. The van der Waals surface area contributed by atoms with Gasteiger partial charge in [-0.2, -0.15) is 0 Å². The summed E-state index contributed by atoms with van der Waals surface area (Å²) in [5.74, 6) is -2.72. The van der Waals surface area contributed by atoms with Crippen molar-refractivity contribution in [2.24, 2.45) is 0 Å². The van der Waals surface area contributed by atoms with Crippen LogP contribution in [0.25, 0.3) is 10.9 Å². The van der Waals surface area contributed by atoms with Crippen molar-refractivity contribution in [3.05, 3.63) is 48.2 Å². The van der Waals surface area contributed by atoms with Gasteiger partial charge in [-0.25, -0.2) is 18.1 Å². The van der Waals surface area contributed by atoms with Gasteiger partial charge in [0.05, 0.1) is 5.52 Å². The fraction of sp³-hybridized carbons (Fsp3) is 0.312. The summed E-state index contributed by atoms with van der Waals surface area (Å²) in [6, 6.07) is 7.09. The second-order valence-corrected chi connectivity index (χ2v) is 5.18. The molecule has 0 radical (unpaired) electrons. The molecule has 0 fully saturated rings. The smallest absolute Gasteiger partial charge is 0.419 e. The monoisotopic (exact) mass is 291 g/mol. The zero-order valence-corrected chi connectivity index (χ0v) is 11.4. The molecule has 110 valence electrons. The SMILES string of the molecule is C=CCOC(=O)n1c2c(c3ccccc31)CC(F)(F)CC2. The van der Waals surface area contributed by atoms with E-state index in [1.165, 1.54) is 10.6 Å². The molecule has 0 saturated carbocycles. The molecular weight excluding hydrogens is 276 g/mol. The van der Waals surface area contributed by atoms with Gasteiger partial charge in [0.1, 0.15) is 6.61 Å². The number of carbonyl (C=O) groups excluding carboxylic acids is 1. The molecule has 2 aromatic rings. The number of fused-ring (bicyclic) bond motifs is 3. The number of rotatable bonds is 2. The molecule has 0 N–H and O–H groups in total. The Hall–Kier alpha value is -2.17. The molecule has 0 amide bonds. The third kappa shape index (κ3) is 2.33. The van der Waals surface area contributed by atoms with Gasteiger partial charge in [-0.15, -0.1) is 0 Å². The molecule has 1 aliphatic carbocycles. The number of halogens is 2. The Morgan fingerprint density at radius 2 is 2.19 bits per heavy atom. The standard InChI is InChI=1S/C16H15F2NO2/c1-2-9-21-15(20)19-13-6-4-3-5-11(13)12-10-16(17,18)8-7-14(12)19/h2-6H,1,7-10H2. The van der Waals surface area contributed by atoms with Crippen molar-refractivity contribution in [2.45, 2.75) is 25.2 Å². The van der Waals surface area contributed by atoms with Crippen LogP contribution in [0.15, 0.2) is 36.9 Å². The Kier molecular flexibility index (Phi) is 3.27. The first-order valence-electron chi connectivity index (χ1n) is 6.80. The molecule has 1 aromatic carbocycles. The molecule has 0 aliphatic heterocycles. The second-order valence-electron chi connectivity index (χ2n) is 5.18. The summed E-state index contributed by atoms with van der Waals surface area (Å²) < 4.78 is 33.9. The van der Waals surface area contributed by atoms with Gasteiger partial charge in [-0.3, -0.25) is 0 Å². The number of hydrogen-bond acceptors (Lipinski definition) is 2. The molecule has 0 unspecified atom stereocenters. The topological polar surface area (TPSA) is 31.2 Å². The lowest BCUT2D eigenvalue weighted by atomic mass is 9.92. The summed E-state index contributed by atoms with van der Waals surface area (Å²) >= 11 is 0. The highest BCUT2D eigenvalue weighted by atomic mass is 19.3. The number of aromatic nitrogens is 1. The maximum atomic E-state index is 13.7. The fourth-order valence-corrected chi connectivity index (χ4v) is 2.87.